The third-order valence-electron chi connectivity index (χ3n) is 2.62. The van der Waals surface area contributed by atoms with Gasteiger partial charge in [-0.3, -0.25) is 0 Å². The zero-order chi connectivity index (χ0) is 10.8. The number of fused-ring (bicyclic) bond motifs is 1. The Balaban J connectivity index is 2.37. The lowest BCUT2D eigenvalue weighted by Gasteiger charge is -2.14. The second kappa shape index (κ2) is 4.39. The lowest BCUT2D eigenvalue weighted by Crippen LogP contribution is -2.13. The summed E-state index contributed by atoms with van der Waals surface area (Å²) < 4.78 is 5.53. The van der Waals surface area contributed by atoms with E-state index in [1.807, 2.05) is 12.1 Å². The minimum Gasteiger partial charge on any atom is -0.493 e. The molecule has 0 spiro atoms. The number of rotatable bonds is 3. The number of aliphatic hydroxyl groups excluding tert-OH is 1. The van der Waals surface area contributed by atoms with Crippen molar-refractivity contribution in [3.8, 4) is 5.75 Å². The van der Waals surface area contributed by atoms with Gasteiger partial charge in [-0.25, -0.2) is 0 Å². The average molecular weight is 228 g/mol. The largest absolute Gasteiger partial charge is 0.493 e. The Morgan fingerprint density at radius 1 is 1.53 bits per heavy atom. The number of ether oxygens (including phenoxy) is 1. The molecule has 1 aromatic carbocycles. The SMILES string of the molecule is NC(CCO)c1cc(Cl)cc2c1OCC2. The van der Waals surface area contributed by atoms with E-state index in [0.29, 0.717) is 18.1 Å². The maximum Gasteiger partial charge on any atom is 0.127 e. The molecule has 1 aliphatic heterocycles. The highest BCUT2D eigenvalue weighted by Crippen LogP contribution is 2.36. The Hall–Kier alpha value is -0.770. The molecule has 0 saturated heterocycles. The Kier molecular flexibility index (Phi) is 3.14. The van der Waals surface area contributed by atoms with Gasteiger partial charge in [0.05, 0.1) is 6.61 Å². The van der Waals surface area contributed by atoms with Crippen LogP contribution in [0.4, 0.5) is 0 Å². The predicted octanol–water partition coefficient (Wildman–Crippen LogP) is 1.66. The van der Waals surface area contributed by atoms with Gasteiger partial charge in [-0.1, -0.05) is 11.6 Å². The van der Waals surface area contributed by atoms with Crippen LogP contribution in [0.3, 0.4) is 0 Å². The molecule has 82 valence electrons. The summed E-state index contributed by atoms with van der Waals surface area (Å²) in [5.41, 5.74) is 7.97. The van der Waals surface area contributed by atoms with Crippen molar-refractivity contribution in [3.05, 3.63) is 28.3 Å². The highest BCUT2D eigenvalue weighted by Gasteiger charge is 2.20. The minimum atomic E-state index is -0.208. The van der Waals surface area contributed by atoms with Gasteiger partial charge in [0.25, 0.3) is 0 Å². The van der Waals surface area contributed by atoms with Gasteiger partial charge in [0, 0.05) is 29.7 Å². The van der Waals surface area contributed by atoms with Crippen molar-refractivity contribution in [1.29, 1.82) is 0 Å². The van der Waals surface area contributed by atoms with Gasteiger partial charge in [0.1, 0.15) is 5.75 Å². The summed E-state index contributed by atoms with van der Waals surface area (Å²) in [4.78, 5) is 0. The maximum absolute atomic E-state index is 8.86. The molecule has 0 amide bonds. The van der Waals surface area contributed by atoms with Crippen LogP contribution in [0.5, 0.6) is 5.75 Å². The lowest BCUT2D eigenvalue weighted by atomic mass is 10.0. The number of nitrogens with two attached hydrogens (primary N) is 1. The molecule has 3 N–H and O–H groups in total. The van der Waals surface area contributed by atoms with Gasteiger partial charge < -0.3 is 15.6 Å². The third kappa shape index (κ3) is 2.09. The van der Waals surface area contributed by atoms with Gasteiger partial charge in [-0.05, 0) is 24.1 Å². The average Bonchev–Trinajstić information content (AvgIpc) is 2.64. The molecule has 4 heteroatoms. The van der Waals surface area contributed by atoms with Gasteiger partial charge in [-0.2, -0.15) is 0 Å². The Labute approximate surface area is 93.8 Å². The van der Waals surface area contributed by atoms with Crippen LogP contribution < -0.4 is 10.5 Å². The van der Waals surface area contributed by atoms with Gasteiger partial charge >= 0.3 is 0 Å². The van der Waals surface area contributed by atoms with Crippen LogP contribution in [-0.2, 0) is 6.42 Å². The molecule has 0 radical (unpaired) electrons. The van der Waals surface area contributed by atoms with Crippen molar-refractivity contribution in [2.75, 3.05) is 13.2 Å². The first-order valence-corrected chi connectivity index (χ1v) is 5.41. The fourth-order valence-electron chi connectivity index (χ4n) is 1.87. The summed E-state index contributed by atoms with van der Waals surface area (Å²) >= 11 is 6.00. The Morgan fingerprint density at radius 3 is 3.07 bits per heavy atom. The van der Waals surface area contributed by atoms with Gasteiger partial charge in [0.15, 0.2) is 0 Å². The molecule has 0 aromatic heterocycles. The zero-order valence-corrected chi connectivity index (χ0v) is 9.13. The van der Waals surface area contributed by atoms with Crippen LogP contribution >= 0.6 is 11.6 Å². The number of halogens is 1. The second-order valence-electron chi connectivity index (χ2n) is 3.70. The first-order chi connectivity index (χ1) is 7.22. The van der Waals surface area contributed by atoms with Gasteiger partial charge in [0.2, 0.25) is 0 Å². The molecular formula is C11H14ClNO2. The summed E-state index contributed by atoms with van der Waals surface area (Å²) in [7, 11) is 0. The molecule has 0 bridgehead atoms. The highest BCUT2D eigenvalue weighted by atomic mass is 35.5. The highest BCUT2D eigenvalue weighted by molar-refractivity contribution is 6.30. The van der Waals surface area contributed by atoms with Crippen LogP contribution in [0.2, 0.25) is 5.02 Å². The quantitative estimate of drug-likeness (QED) is 0.826. The van der Waals surface area contributed by atoms with Crippen molar-refractivity contribution in [2.24, 2.45) is 5.73 Å². The molecule has 0 aliphatic carbocycles. The number of hydrogen-bond donors (Lipinski definition) is 2. The summed E-state index contributed by atoms with van der Waals surface area (Å²) in [6, 6.07) is 3.53. The summed E-state index contributed by atoms with van der Waals surface area (Å²) in [5, 5.41) is 9.55. The fraction of sp³-hybridized carbons (Fsp3) is 0.455. The lowest BCUT2D eigenvalue weighted by molar-refractivity contribution is 0.274. The molecule has 15 heavy (non-hydrogen) atoms. The maximum atomic E-state index is 8.86. The molecule has 0 saturated carbocycles. The van der Waals surface area contributed by atoms with E-state index in [1.165, 1.54) is 0 Å². The van der Waals surface area contributed by atoms with Crippen molar-refractivity contribution in [2.45, 2.75) is 18.9 Å². The van der Waals surface area contributed by atoms with Crippen molar-refractivity contribution >= 4 is 11.6 Å². The van der Waals surface area contributed by atoms with Crippen LogP contribution in [0.1, 0.15) is 23.6 Å². The second-order valence-corrected chi connectivity index (χ2v) is 4.14. The summed E-state index contributed by atoms with van der Waals surface area (Å²) in [5.74, 6) is 0.861. The van der Waals surface area contributed by atoms with E-state index in [0.717, 1.165) is 23.3 Å². The van der Waals surface area contributed by atoms with Crippen molar-refractivity contribution in [3.63, 3.8) is 0 Å². The Bertz CT molecular complexity index is 368. The zero-order valence-electron chi connectivity index (χ0n) is 8.37. The molecule has 1 heterocycles. The molecule has 1 unspecified atom stereocenters. The van der Waals surface area contributed by atoms with Crippen LogP contribution in [0.15, 0.2) is 12.1 Å². The monoisotopic (exact) mass is 227 g/mol. The molecule has 0 fully saturated rings. The van der Waals surface area contributed by atoms with E-state index in [9.17, 15) is 0 Å². The van der Waals surface area contributed by atoms with Gasteiger partial charge in [-0.15, -0.1) is 0 Å². The smallest absolute Gasteiger partial charge is 0.127 e. The molecule has 1 atom stereocenters. The predicted molar refractivity (Wildman–Crippen MR) is 59.3 cm³/mol. The fourth-order valence-corrected chi connectivity index (χ4v) is 2.12. The summed E-state index contributed by atoms with van der Waals surface area (Å²) in [6.07, 6.45) is 1.41. The normalized spacial score (nSPS) is 15.9. The van der Waals surface area contributed by atoms with E-state index >= 15 is 0 Å². The van der Waals surface area contributed by atoms with E-state index in [-0.39, 0.29) is 12.6 Å². The Morgan fingerprint density at radius 2 is 2.33 bits per heavy atom. The van der Waals surface area contributed by atoms with E-state index in [1.54, 1.807) is 0 Å². The molecule has 2 rings (SSSR count). The number of hydrogen-bond acceptors (Lipinski definition) is 3. The van der Waals surface area contributed by atoms with Crippen molar-refractivity contribution in [1.82, 2.24) is 0 Å². The summed E-state index contributed by atoms with van der Waals surface area (Å²) in [6.45, 7) is 0.761. The molecular weight excluding hydrogens is 214 g/mol. The number of benzene rings is 1. The van der Waals surface area contributed by atoms with E-state index in [4.69, 9.17) is 27.2 Å². The van der Waals surface area contributed by atoms with E-state index < -0.39 is 0 Å². The van der Waals surface area contributed by atoms with Crippen molar-refractivity contribution < 1.29 is 9.84 Å². The standard InChI is InChI=1S/C11H14ClNO2/c12-8-5-7-2-4-15-11(7)9(6-8)10(13)1-3-14/h5-6,10,14H,1-4,13H2. The van der Waals surface area contributed by atoms with Crippen LogP contribution in [0.25, 0.3) is 0 Å². The topological polar surface area (TPSA) is 55.5 Å². The van der Waals surface area contributed by atoms with Crippen LogP contribution in [0, 0.1) is 0 Å². The third-order valence-corrected chi connectivity index (χ3v) is 2.83. The van der Waals surface area contributed by atoms with E-state index in [2.05, 4.69) is 0 Å². The van der Waals surface area contributed by atoms with Crippen LogP contribution in [-0.4, -0.2) is 18.3 Å². The molecule has 1 aliphatic rings. The molecule has 1 aromatic rings. The number of aliphatic hydroxyl groups is 1. The minimum absolute atomic E-state index is 0.0719. The molecule has 3 nitrogen and oxygen atoms in total. The first kappa shape index (κ1) is 10.7. The first-order valence-electron chi connectivity index (χ1n) is 5.04.